The van der Waals surface area contributed by atoms with E-state index in [0.717, 1.165) is 17.1 Å². The fourth-order valence-electron chi connectivity index (χ4n) is 0. The van der Waals surface area contributed by atoms with E-state index in [-0.39, 0.29) is 0 Å². The van der Waals surface area contributed by atoms with Crippen LogP contribution in [0.4, 0.5) is 0 Å². The highest BCUT2D eigenvalue weighted by Crippen LogP contribution is 1.50. The predicted octanol–water partition coefficient (Wildman–Crippen LogP) is -2.82. The highest BCUT2D eigenvalue weighted by molar-refractivity contribution is 7.96. The smallest absolute Gasteiger partial charge is 0.145 e. The van der Waals surface area contributed by atoms with Crippen LogP contribution < -0.4 is 0 Å². The van der Waals surface area contributed by atoms with Crippen LogP contribution in [0.3, 0.4) is 0 Å². The van der Waals surface area contributed by atoms with E-state index in [4.69, 9.17) is 8.42 Å². The van der Waals surface area contributed by atoms with Gasteiger partial charge in [0.25, 0.3) is 0 Å². The van der Waals surface area contributed by atoms with Crippen molar-refractivity contribution in [1.82, 2.24) is 0 Å². The molecule has 6 heteroatoms. The van der Waals surface area contributed by atoms with Crippen molar-refractivity contribution in [2.45, 2.75) is 6.92 Å². The molecule has 0 fully saturated rings. The molecule has 0 amide bonds. The summed E-state index contributed by atoms with van der Waals surface area (Å²) in [5, 5.41) is 0. The van der Waals surface area contributed by atoms with Crippen molar-refractivity contribution in [3.63, 3.8) is 0 Å². The van der Waals surface area contributed by atoms with E-state index in [2.05, 4.69) is 4.43 Å². The van der Waals surface area contributed by atoms with Crippen molar-refractivity contribution in [2.75, 3.05) is 6.61 Å². The fraction of sp³-hybridized carbons (Fsp3) is 1.00. The van der Waals surface area contributed by atoms with Crippen LogP contribution in [-0.4, -0.2) is 34.9 Å². The molecule has 0 bridgehead atoms. The fourth-order valence-corrected chi connectivity index (χ4v) is 0. The molecular formula is C2H12O3SSi2. The lowest BCUT2D eigenvalue weighted by Gasteiger charge is -1.77. The van der Waals surface area contributed by atoms with Gasteiger partial charge in [-0.05, 0) is 6.92 Å². The van der Waals surface area contributed by atoms with Gasteiger partial charge in [-0.2, -0.15) is 0 Å². The van der Waals surface area contributed by atoms with Crippen LogP contribution in [0.2, 0.25) is 0 Å². The van der Waals surface area contributed by atoms with Gasteiger partial charge in [0.05, 0.1) is 0 Å². The Hall–Kier alpha value is 0.344. The van der Waals surface area contributed by atoms with E-state index in [0.29, 0.717) is 9.39 Å². The van der Waals surface area contributed by atoms with Gasteiger partial charge in [-0.25, -0.2) is 8.42 Å². The Kier molecular flexibility index (Phi) is 14.5. The van der Waals surface area contributed by atoms with Gasteiger partial charge in [0, 0.05) is 6.61 Å². The Morgan fingerprint density at radius 3 is 1.75 bits per heavy atom. The second-order valence-corrected chi connectivity index (χ2v) is 4.66. The maximum atomic E-state index is 9.10. The van der Waals surface area contributed by atoms with Crippen molar-refractivity contribution >= 4 is 30.0 Å². The second-order valence-electron chi connectivity index (χ2n) is 1.02. The van der Waals surface area contributed by atoms with Gasteiger partial charge in [0.2, 0.25) is 0 Å². The molecule has 0 aromatic rings. The van der Waals surface area contributed by atoms with Crippen molar-refractivity contribution in [1.29, 1.82) is 0 Å². The molecule has 0 unspecified atom stereocenters. The van der Waals surface area contributed by atoms with Gasteiger partial charge in [-0.15, -0.1) is 0 Å². The normalized spacial score (nSPS) is 8.75. The molecule has 0 saturated carbocycles. The van der Waals surface area contributed by atoms with Crippen LogP contribution in [0.15, 0.2) is 0 Å². The molecule has 0 aliphatic carbocycles. The van der Waals surface area contributed by atoms with Crippen LogP contribution in [0, 0.1) is 0 Å². The second kappa shape index (κ2) is 10.3. The molecule has 0 radical (unpaired) electrons. The Labute approximate surface area is 57.0 Å². The third kappa shape index (κ3) is 100. The first-order chi connectivity index (χ1) is 3.65. The minimum absolute atomic E-state index is 0.302. The van der Waals surface area contributed by atoms with Crippen molar-refractivity contribution in [3.05, 3.63) is 0 Å². The minimum atomic E-state index is -1.98. The van der Waals surface area contributed by atoms with Crippen LogP contribution in [0.5, 0.6) is 0 Å². The number of thiol groups is 1. The summed E-state index contributed by atoms with van der Waals surface area (Å²) >= 11 is 0. The molecule has 0 rings (SSSR count). The van der Waals surface area contributed by atoms with Crippen molar-refractivity contribution in [2.24, 2.45) is 0 Å². The van der Waals surface area contributed by atoms with E-state index < -0.39 is 10.2 Å². The Morgan fingerprint density at radius 1 is 1.62 bits per heavy atom. The summed E-state index contributed by atoms with van der Waals surface area (Å²) in [7, 11) is -0.789. The summed E-state index contributed by atoms with van der Waals surface area (Å²) in [6.07, 6.45) is 0. The highest BCUT2D eigenvalue weighted by Gasteiger charge is 1.51. The minimum Gasteiger partial charge on any atom is -0.428 e. The molecule has 0 heterocycles. The topological polar surface area (TPSA) is 43.4 Å². The molecule has 0 spiro atoms. The number of hydrogen-bond donors (Lipinski definition) is 1. The number of rotatable bonds is 1. The van der Waals surface area contributed by atoms with Crippen LogP contribution in [-0.2, 0) is 14.6 Å². The van der Waals surface area contributed by atoms with Gasteiger partial charge in [-0.1, -0.05) is 0 Å². The maximum Gasteiger partial charge on any atom is 0.145 e. The monoisotopic (exact) mass is 172 g/mol. The van der Waals surface area contributed by atoms with Gasteiger partial charge in [0.15, 0.2) is 0 Å². The van der Waals surface area contributed by atoms with Crippen LogP contribution in [0.25, 0.3) is 0 Å². The van der Waals surface area contributed by atoms with Crippen molar-refractivity contribution < 1.29 is 12.8 Å². The molecule has 0 aromatic carbocycles. The summed E-state index contributed by atoms with van der Waals surface area (Å²) in [6.45, 7) is 2.87. The summed E-state index contributed by atoms with van der Waals surface area (Å²) in [5.41, 5.74) is 0. The molecule has 0 aromatic heterocycles. The lowest BCUT2D eigenvalue weighted by molar-refractivity contribution is 0.375. The SMILES string of the molecule is CCO[SiH3].O=[SH](=O)[SiH3]. The Balaban J connectivity index is 0. The van der Waals surface area contributed by atoms with E-state index in [1.165, 1.54) is 0 Å². The Morgan fingerprint density at radius 2 is 1.75 bits per heavy atom. The molecule has 0 atom stereocenters. The summed E-state index contributed by atoms with van der Waals surface area (Å²) in [5.74, 6) is 0. The lowest BCUT2D eigenvalue weighted by atomic mass is 10.9. The van der Waals surface area contributed by atoms with E-state index in [1.54, 1.807) is 0 Å². The largest absolute Gasteiger partial charge is 0.428 e. The standard InChI is InChI=1S/C2H8OSi.H4O2SSi/c1-2-3-4;1-3(2)4/h2H2,1,4H3;3H,4H3. The molecule has 8 heavy (non-hydrogen) atoms. The summed E-state index contributed by atoms with van der Waals surface area (Å²) in [4.78, 5) is 0. The first kappa shape index (κ1) is 11.2. The zero-order valence-corrected chi connectivity index (χ0v) is 10.3. The summed E-state index contributed by atoms with van der Waals surface area (Å²) < 4.78 is 22.9. The predicted molar refractivity (Wildman–Crippen MR) is 41.8 cm³/mol. The summed E-state index contributed by atoms with van der Waals surface area (Å²) in [6, 6.07) is 0. The average Bonchev–Trinajstić information content (AvgIpc) is 1.65. The van der Waals surface area contributed by atoms with Crippen molar-refractivity contribution in [3.8, 4) is 0 Å². The molecule has 0 saturated heterocycles. The first-order valence-corrected chi connectivity index (χ1v) is 7.34. The molecular weight excluding hydrogens is 160 g/mol. The Bertz CT molecular complexity index is 81.3. The maximum absolute atomic E-state index is 9.10. The average molecular weight is 172 g/mol. The molecule has 3 nitrogen and oxygen atoms in total. The molecule has 52 valence electrons. The van der Waals surface area contributed by atoms with E-state index in [9.17, 15) is 0 Å². The third-order valence-electron chi connectivity index (χ3n) is 0.289. The van der Waals surface area contributed by atoms with Crippen LogP contribution in [0.1, 0.15) is 6.92 Å². The van der Waals surface area contributed by atoms with Gasteiger partial charge in [-0.3, -0.25) is 0 Å². The molecule has 0 aliphatic heterocycles. The third-order valence-corrected chi connectivity index (χ3v) is 0.866. The van der Waals surface area contributed by atoms with Crippen LogP contribution >= 0.6 is 0 Å². The van der Waals surface area contributed by atoms with E-state index >= 15 is 0 Å². The van der Waals surface area contributed by atoms with E-state index in [1.807, 2.05) is 6.92 Å². The van der Waals surface area contributed by atoms with Gasteiger partial charge < -0.3 is 4.43 Å². The quantitative estimate of drug-likeness (QED) is 0.343. The molecule has 0 N–H and O–H groups in total. The lowest BCUT2D eigenvalue weighted by Crippen LogP contribution is -1.76. The molecule has 0 aliphatic rings. The first-order valence-electron chi connectivity index (χ1n) is 2.22. The highest BCUT2D eigenvalue weighted by atomic mass is 32.4. The zero-order valence-electron chi connectivity index (χ0n) is 5.38. The van der Waals surface area contributed by atoms with Gasteiger partial charge in [0.1, 0.15) is 30.0 Å². The van der Waals surface area contributed by atoms with Gasteiger partial charge >= 0.3 is 0 Å². The number of hydrogen-bond acceptors (Lipinski definition) is 3. The zero-order chi connectivity index (χ0) is 6.99.